The summed E-state index contributed by atoms with van der Waals surface area (Å²) in [4.78, 5) is 5.91. The Morgan fingerprint density at radius 2 is 1.80 bits per heavy atom. The average molecular weight is 477 g/mol. The second kappa shape index (κ2) is 10.5. The van der Waals surface area contributed by atoms with Gasteiger partial charge in [0.1, 0.15) is 5.82 Å². The van der Waals surface area contributed by atoms with E-state index in [4.69, 9.17) is 11.6 Å². The zero-order valence-corrected chi connectivity index (χ0v) is 17.6. The lowest BCUT2D eigenvalue weighted by atomic mass is 10.2. The highest BCUT2D eigenvalue weighted by atomic mass is 127. The van der Waals surface area contributed by atoms with Crippen molar-refractivity contribution in [3.63, 3.8) is 0 Å². The minimum Gasteiger partial charge on any atom is -0.375 e. The maximum Gasteiger partial charge on any atom is 0.191 e. The van der Waals surface area contributed by atoms with Crippen LogP contribution in [0.5, 0.6) is 0 Å². The van der Waals surface area contributed by atoms with Gasteiger partial charge in [0, 0.05) is 39.3 Å². The molecule has 25 heavy (non-hydrogen) atoms. The van der Waals surface area contributed by atoms with Crippen LogP contribution in [0.15, 0.2) is 47.5 Å². The topological polar surface area (TPSA) is 39.7 Å². The van der Waals surface area contributed by atoms with E-state index in [9.17, 15) is 4.39 Å². The van der Waals surface area contributed by atoms with Crippen LogP contribution < -0.4 is 15.5 Å². The predicted octanol–water partition coefficient (Wildman–Crippen LogP) is 4.03. The van der Waals surface area contributed by atoms with Gasteiger partial charge in [-0.15, -0.1) is 24.0 Å². The van der Waals surface area contributed by atoms with Gasteiger partial charge in [-0.1, -0.05) is 35.9 Å². The first kappa shape index (κ1) is 21.5. The number of hydrogen-bond acceptors (Lipinski definition) is 2. The molecule has 0 aromatic heterocycles. The highest BCUT2D eigenvalue weighted by molar-refractivity contribution is 14.0. The lowest BCUT2D eigenvalue weighted by Gasteiger charge is -2.15. The van der Waals surface area contributed by atoms with Crippen LogP contribution in [0.25, 0.3) is 0 Å². The van der Waals surface area contributed by atoms with Crippen molar-refractivity contribution < 1.29 is 4.39 Å². The van der Waals surface area contributed by atoms with Crippen molar-refractivity contribution in [3.05, 3.63) is 64.4 Å². The van der Waals surface area contributed by atoms with Gasteiger partial charge in [-0.3, -0.25) is 4.99 Å². The predicted molar refractivity (Wildman–Crippen MR) is 115 cm³/mol. The number of nitrogens with one attached hydrogen (secondary N) is 2. The molecule has 0 amide bonds. The van der Waals surface area contributed by atoms with E-state index >= 15 is 0 Å². The van der Waals surface area contributed by atoms with Crippen molar-refractivity contribution in [2.24, 2.45) is 4.99 Å². The van der Waals surface area contributed by atoms with Gasteiger partial charge in [0.25, 0.3) is 0 Å². The summed E-state index contributed by atoms with van der Waals surface area (Å²) in [5.41, 5.74) is 2.40. The standard InChI is InChI=1S/C18H22ClFN4.HI/c1-21-18(23-12-14-6-4-5-7-15(14)19)22-11-13-8-9-17(24(2)3)16(20)10-13;/h4-10H,11-12H2,1-3H3,(H2,21,22,23);1H. The normalized spacial score (nSPS) is 10.8. The van der Waals surface area contributed by atoms with Crippen LogP contribution in [0.2, 0.25) is 5.02 Å². The fourth-order valence-electron chi connectivity index (χ4n) is 2.25. The fraction of sp³-hybridized carbons (Fsp3) is 0.278. The van der Waals surface area contributed by atoms with Crippen molar-refractivity contribution in [1.82, 2.24) is 10.6 Å². The molecule has 0 heterocycles. The summed E-state index contributed by atoms with van der Waals surface area (Å²) >= 11 is 6.14. The van der Waals surface area contributed by atoms with Crippen molar-refractivity contribution >= 4 is 47.2 Å². The van der Waals surface area contributed by atoms with Crippen LogP contribution in [-0.2, 0) is 13.1 Å². The first-order valence-corrected chi connectivity index (χ1v) is 8.02. The molecule has 0 radical (unpaired) electrons. The zero-order valence-electron chi connectivity index (χ0n) is 14.5. The summed E-state index contributed by atoms with van der Waals surface area (Å²) in [6.07, 6.45) is 0. The molecule has 0 bridgehead atoms. The first-order chi connectivity index (χ1) is 11.5. The van der Waals surface area contributed by atoms with Crippen molar-refractivity contribution in [2.75, 3.05) is 26.0 Å². The van der Waals surface area contributed by atoms with Gasteiger partial charge in [-0.2, -0.15) is 0 Å². The maximum atomic E-state index is 14.0. The SMILES string of the molecule is CN=C(NCc1ccc(N(C)C)c(F)c1)NCc1ccccc1Cl.I. The van der Waals surface area contributed by atoms with Crippen LogP contribution in [0.1, 0.15) is 11.1 Å². The highest BCUT2D eigenvalue weighted by Crippen LogP contribution is 2.18. The third kappa shape index (κ3) is 6.36. The van der Waals surface area contributed by atoms with Crippen LogP contribution in [0.3, 0.4) is 0 Å². The molecule has 0 aliphatic heterocycles. The summed E-state index contributed by atoms with van der Waals surface area (Å²) < 4.78 is 14.0. The lowest BCUT2D eigenvalue weighted by Crippen LogP contribution is -2.36. The zero-order chi connectivity index (χ0) is 17.5. The molecule has 2 aromatic rings. The van der Waals surface area contributed by atoms with Gasteiger partial charge in [0.2, 0.25) is 0 Å². The summed E-state index contributed by atoms with van der Waals surface area (Å²) in [5.74, 6) is 0.394. The summed E-state index contributed by atoms with van der Waals surface area (Å²) in [6, 6.07) is 12.8. The monoisotopic (exact) mass is 476 g/mol. The van der Waals surface area contributed by atoms with Crippen LogP contribution in [0.4, 0.5) is 10.1 Å². The third-order valence-corrected chi connectivity index (χ3v) is 3.95. The Morgan fingerprint density at radius 3 is 2.40 bits per heavy atom. The smallest absolute Gasteiger partial charge is 0.191 e. The Hall–Kier alpha value is -1.54. The molecule has 0 saturated heterocycles. The molecule has 0 unspecified atom stereocenters. The van der Waals surface area contributed by atoms with E-state index in [1.165, 1.54) is 6.07 Å². The second-order valence-electron chi connectivity index (χ2n) is 5.55. The maximum absolute atomic E-state index is 14.0. The Labute approximate surface area is 170 Å². The first-order valence-electron chi connectivity index (χ1n) is 7.65. The summed E-state index contributed by atoms with van der Waals surface area (Å²) in [5, 5.41) is 7.07. The Morgan fingerprint density at radius 1 is 1.12 bits per heavy atom. The summed E-state index contributed by atoms with van der Waals surface area (Å²) in [6.45, 7) is 1.04. The molecule has 2 N–H and O–H groups in total. The third-order valence-electron chi connectivity index (χ3n) is 3.58. The second-order valence-corrected chi connectivity index (χ2v) is 5.96. The highest BCUT2D eigenvalue weighted by Gasteiger charge is 2.06. The van der Waals surface area contributed by atoms with E-state index in [1.54, 1.807) is 18.0 Å². The number of aliphatic imine (C=N–C) groups is 1. The minimum absolute atomic E-state index is 0. The molecule has 0 spiro atoms. The molecule has 0 aliphatic carbocycles. The lowest BCUT2D eigenvalue weighted by molar-refractivity contribution is 0.623. The molecule has 7 heteroatoms. The van der Waals surface area contributed by atoms with Gasteiger partial charge < -0.3 is 15.5 Å². The summed E-state index contributed by atoms with van der Waals surface area (Å²) in [7, 11) is 5.32. The molecule has 4 nitrogen and oxygen atoms in total. The van der Waals surface area contributed by atoms with E-state index in [0.29, 0.717) is 29.8 Å². The van der Waals surface area contributed by atoms with Crippen LogP contribution >= 0.6 is 35.6 Å². The van der Waals surface area contributed by atoms with E-state index in [-0.39, 0.29) is 29.8 Å². The van der Waals surface area contributed by atoms with E-state index in [1.807, 2.05) is 44.4 Å². The van der Waals surface area contributed by atoms with Gasteiger partial charge >= 0.3 is 0 Å². The Bertz CT molecular complexity index is 722. The fourth-order valence-corrected chi connectivity index (χ4v) is 2.45. The molecule has 136 valence electrons. The number of benzene rings is 2. The van der Waals surface area contributed by atoms with E-state index in [2.05, 4.69) is 15.6 Å². The molecule has 2 aromatic carbocycles. The van der Waals surface area contributed by atoms with Crippen molar-refractivity contribution in [3.8, 4) is 0 Å². The van der Waals surface area contributed by atoms with Gasteiger partial charge in [-0.05, 0) is 29.3 Å². The number of nitrogens with zero attached hydrogens (tertiary/aromatic N) is 2. The Balaban J connectivity index is 0.00000312. The van der Waals surface area contributed by atoms with Gasteiger partial charge in [0.05, 0.1) is 5.69 Å². The quantitative estimate of drug-likeness (QED) is 0.389. The molecule has 0 saturated carbocycles. The van der Waals surface area contributed by atoms with E-state index < -0.39 is 0 Å². The van der Waals surface area contributed by atoms with Crippen LogP contribution in [0, 0.1) is 5.82 Å². The van der Waals surface area contributed by atoms with Crippen LogP contribution in [-0.4, -0.2) is 27.1 Å². The minimum atomic E-state index is -0.238. The number of halogens is 3. The molecule has 0 fully saturated rings. The molecular weight excluding hydrogens is 454 g/mol. The van der Waals surface area contributed by atoms with E-state index in [0.717, 1.165) is 11.1 Å². The average Bonchev–Trinajstić information content (AvgIpc) is 2.56. The number of rotatable bonds is 5. The van der Waals surface area contributed by atoms with Crippen molar-refractivity contribution in [1.29, 1.82) is 0 Å². The molecule has 2 rings (SSSR count). The number of guanidine groups is 1. The Kier molecular flexibility index (Phi) is 8.99. The number of anilines is 1. The largest absolute Gasteiger partial charge is 0.375 e. The van der Waals surface area contributed by atoms with Crippen molar-refractivity contribution in [2.45, 2.75) is 13.1 Å². The molecular formula is C18H23ClFIN4. The molecule has 0 atom stereocenters. The van der Waals surface area contributed by atoms with Gasteiger partial charge in [0.15, 0.2) is 5.96 Å². The molecule has 0 aliphatic rings. The van der Waals surface area contributed by atoms with Gasteiger partial charge in [-0.25, -0.2) is 4.39 Å². The number of hydrogen-bond donors (Lipinski definition) is 2.